The molecule has 4 heteroatoms. The Morgan fingerprint density at radius 1 is 1.53 bits per heavy atom. The summed E-state index contributed by atoms with van der Waals surface area (Å²) >= 11 is 0. The maximum absolute atomic E-state index is 5.56. The minimum Gasteiger partial charge on any atom is -0.378 e. The first-order valence-electron chi connectivity index (χ1n) is 5.98. The first kappa shape index (κ1) is 12.5. The highest BCUT2D eigenvalue weighted by atomic mass is 16.5. The normalized spacial score (nSPS) is 24.1. The van der Waals surface area contributed by atoms with E-state index in [9.17, 15) is 0 Å². The zero-order chi connectivity index (χ0) is 12.1. The quantitative estimate of drug-likeness (QED) is 0.836. The third-order valence-electron chi connectivity index (χ3n) is 3.21. The molecule has 1 N–H and O–H groups in total. The van der Waals surface area contributed by atoms with Crippen molar-refractivity contribution in [3.63, 3.8) is 0 Å². The van der Waals surface area contributed by atoms with Gasteiger partial charge in [0.05, 0.1) is 6.61 Å². The average Bonchev–Trinajstić information content (AvgIpc) is 2.79. The van der Waals surface area contributed by atoms with Crippen LogP contribution in [0, 0.1) is 6.92 Å². The fourth-order valence-corrected chi connectivity index (χ4v) is 2.11. The van der Waals surface area contributed by atoms with Crippen molar-refractivity contribution in [1.82, 2.24) is 10.3 Å². The molecule has 1 saturated heterocycles. The molecule has 2 heterocycles. The van der Waals surface area contributed by atoms with Crippen LogP contribution in [0.15, 0.2) is 18.5 Å². The van der Waals surface area contributed by atoms with E-state index >= 15 is 0 Å². The number of nitrogens with one attached hydrogen (secondary N) is 1. The molecule has 0 radical (unpaired) electrons. The topological polar surface area (TPSA) is 43.4 Å². The fourth-order valence-electron chi connectivity index (χ4n) is 2.11. The van der Waals surface area contributed by atoms with Gasteiger partial charge in [-0.2, -0.15) is 0 Å². The van der Waals surface area contributed by atoms with Gasteiger partial charge in [0.25, 0.3) is 0 Å². The van der Waals surface area contributed by atoms with E-state index in [4.69, 9.17) is 9.47 Å². The Labute approximate surface area is 102 Å². The van der Waals surface area contributed by atoms with Crippen molar-refractivity contribution in [3.8, 4) is 0 Å². The van der Waals surface area contributed by atoms with Crippen molar-refractivity contribution in [3.05, 3.63) is 29.6 Å². The van der Waals surface area contributed by atoms with Gasteiger partial charge in [-0.1, -0.05) is 6.07 Å². The van der Waals surface area contributed by atoms with E-state index in [-0.39, 0.29) is 5.60 Å². The number of rotatable bonds is 5. The van der Waals surface area contributed by atoms with E-state index in [2.05, 4.69) is 23.3 Å². The number of pyridine rings is 1. The minimum absolute atomic E-state index is 0.142. The van der Waals surface area contributed by atoms with E-state index in [1.165, 1.54) is 11.1 Å². The molecule has 0 bridgehead atoms. The average molecular weight is 236 g/mol. The van der Waals surface area contributed by atoms with Gasteiger partial charge in [0.15, 0.2) is 0 Å². The van der Waals surface area contributed by atoms with Crippen LogP contribution in [0.25, 0.3) is 0 Å². The van der Waals surface area contributed by atoms with E-state index in [1.54, 1.807) is 7.11 Å². The van der Waals surface area contributed by atoms with Crippen LogP contribution < -0.4 is 5.32 Å². The molecule has 0 aliphatic carbocycles. The van der Waals surface area contributed by atoms with Crippen LogP contribution in [0.2, 0.25) is 0 Å². The lowest BCUT2D eigenvalue weighted by atomic mass is 10.0. The van der Waals surface area contributed by atoms with Crippen LogP contribution in [0.5, 0.6) is 0 Å². The summed E-state index contributed by atoms with van der Waals surface area (Å²) in [5, 5.41) is 3.42. The Balaban J connectivity index is 1.82. The molecule has 0 amide bonds. The second-order valence-electron chi connectivity index (χ2n) is 4.66. The summed E-state index contributed by atoms with van der Waals surface area (Å²) in [5.41, 5.74) is 2.25. The summed E-state index contributed by atoms with van der Waals surface area (Å²) in [6.45, 7) is 5.17. The van der Waals surface area contributed by atoms with Crippen LogP contribution in [0.3, 0.4) is 0 Å². The number of hydrogen-bond donors (Lipinski definition) is 1. The first-order chi connectivity index (χ1) is 8.24. The van der Waals surface area contributed by atoms with Gasteiger partial charge in [-0.05, 0) is 18.1 Å². The van der Waals surface area contributed by atoms with Crippen molar-refractivity contribution in [2.24, 2.45) is 0 Å². The van der Waals surface area contributed by atoms with Crippen LogP contribution in [0.4, 0.5) is 0 Å². The highest BCUT2D eigenvalue weighted by Crippen LogP contribution is 2.21. The van der Waals surface area contributed by atoms with E-state index < -0.39 is 0 Å². The second kappa shape index (κ2) is 5.58. The SMILES string of the molecule is COC1(CNCc2cncc(C)c2)CCOC1. The van der Waals surface area contributed by atoms with Crippen molar-refractivity contribution in [2.45, 2.75) is 25.5 Å². The molecule has 1 aromatic heterocycles. The molecular formula is C13H20N2O2. The van der Waals surface area contributed by atoms with Gasteiger partial charge in [0.2, 0.25) is 0 Å². The highest BCUT2D eigenvalue weighted by Gasteiger charge is 2.34. The van der Waals surface area contributed by atoms with Crippen LogP contribution in [0.1, 0.15) is 17.5 Å². The molecule has 1 aromatic rings. The molecule has 94 valence electrons. The van der Waals surface area contributed by atoms with E-state index in [0.717, 1.165) is 26.1 Å². The van der Waals surface area contributed by atoms with Gasteiger partial charge in [-0.3, -0.25) is 4.98 Å². The Kier molecular flexibility index (Phi) is 4.10. The molecule has 1 atom stereocenters. The highest BCUT2D eigenvalue weighted by molar-refractivity contribution is 5.16. The van der Waals surface area contributed by atoms with Crippen molar-refractivity contribution < 1.29 is 9.47 Å². The maximum Gasteiger partial charge on any atom is 0.106 e. The Morgan fingerprint density at radius 2 is 2.41 bits per heavy atom. The Morgan fingerprint density at radius 3 is 3.06 bits per heavy atom. The van der Waals surface area contributed by atoms with Crippen LogP contribution in [-0.4, -0.2) is 37.5 Å². The molecule has 0 aromatic carbocycles. The van der Waals surface area contributed by atoms with E-state index in [1.807, 2.05) is 12.4 Å². The molecule has 1 aliphatic rings. The summed E-state index contributed by atoms with van der Waals surface area (Å²) in [5.74, 6) is 0. The predicted molar refractivity (Wildman–Crippen MR) is 65.9 cm³/mol. The molecule has 4 nitrogen and oxygen atoms in total. The van der Waals surface area contributed by atoms with Crippen molar-refractivity contribution in [1.29, 1.82) is 0 Å². The monoisotopic (exact) mass is 236 g/mol. The maximum atomic E-state index is 5.56. The summed E-state index contributed by atoms with van der Waals surface area (Å²) in [6.07, 6.45) is 4.72. The van der Waals surface area contributed by atoms with Gasteiger partial charge >= 0.3 is 0 Å². The molecule has 0 saturated carbocycles. The Hall–Kier alpha value is -0.970. The largest absolute Gasteiger partial charge is 0.378 e. The molecule has 17 heavy (non-hydrogen) atoms. The van der Waals surface area contributed by atoms with Gasteiger partial charge in [0, 0.05) is 45.6 Å². The number of hydrogen-bond acceptors (Lipinski definition) is 4. The molecule has 2 rings (SSSR count). The third kappa shape index (κ3) is 3.25. The Bertz CT molecular complexity index is 362. The summed E-state index contributed by atoms with van der Waals surface area (Å²) in [6, 6.07) is 2.14. The molecule has 0 spiro atoms. The van der Waals surface area contributed by atoms with Crippen molar-refractivity contribution >= 4 is 0 Å². The fraction of sp³-hybridized carbons (Fsp3) is 0.615. The predicted octanol–water partition coefficient (Wildman–Crippen LogP) is 1.29. The smallest absolute Gasteiger partial charge is 0.106 e. The zero-order valence-electron chi connectivity index (χ0n) is 10.5. The summed E-state index contributed by atoms with van der Waals surface area (Å²) in [7, 11) is 1.75. The van der Waals surface area contributed by atoms with E-state index in [0.29, 0.717) is 6.61 Å². The number of aryl methyl sites for hydroxylation is 1. The standard InChI is InChI=1S/C13H20N2O2/c1-11-5-12(7-14-6-11)8-15-9-13(16-2)3-4-17-10-13/h5-7,15H,3-4,8-10H2,1-2H3. The second-order valence-corrected chi connectivity index (χ2v) is 4.66. The number of aromatic nitrogens is 1. The van der Waals surface area contributed by atoms with Crippen molar-refractivity contribution in [2.75, 3.05) is 26.9 Å². The first-order valence-corrected chi connectivity index (χ1v) is 5.98. The van der Waals surface area contributed by atoms with Gasteiger partial charge in [0.1, 0.15) is 5.60 Å². The molecule has 1 aliphatic heterocycles. The van der Waals surface area contributed by atoms with Gasteiger partial charge < -0.3 is 14.8 Å². The van der Waals surface area contributed by atoms with Gasteiger partial charge in [-0.25, -0.2) is 0 Å². The summed E-state index contributed by atoms with van der Waals surface area (Å²) in [4.78, 5) is 4.18. The number of methoxy groups -OCH3 is 1. The molecular weight excluding hydrogens is 216 g/mol. The lowest BCUT2D eigenvalue weighted by Gasteiger charge is -2.26. The molecule has 1 fully saturated rings. The lowest BCUT2D eigenvalue weighted by Crippen LogP contribution is -2.42. The molecule has 1 unspecified atom stereocenters. The zero-order valence-corrected chi connectivity index (χ0v) is 10.5. The van der Waals surface area contributed by atoms with Crippen LogP contribution >= 0.6 is 0 Å². The van der Waals surface area contributed by atoms with Crippen LogP contribution in [-0.2, 0) is 16.0 Å². The number of nitrogens with zero attached hydrogens (tertiary/aromatic N) is 1. The lowest BCUT2D eigenvalue weighted by molar-refractivity contribution is -0.0159. The minimum atomic E-state index is -0.142. The third-order valence-corrected chi connectivity index (χ3v) is 3.21. The van der Waals surface area contributed by atoms with Gasteiger partial charge in [-0.15, -0.1) is 0 Å². The summed E-state index contributed by atoms with van der Waals surface area (Å²) < 4.78 is 11.0. The number of ether oxygens (including phenoxy) is 2.